The fourth-order valence-electron chi connectivity index (χ4n) is 2.38. The first-order valence-electron chi connectivity index (χ1n) is 6.12. The molecule has 94 valence electrons. The number of nitrogens with zero attached hydrogens (tertiary/aromatic N) is 2. The molecule has 1 aliphatic carbocycles. The zero-order valence-corrected chi connectivity index (χ0v) is 10.2. The van der Waals surface area contributed by atoms with Crippen molar-refractivity contribution in [3.8, 4) is 0 Å². The molecule has 1 saturated carbocycles. The van der Waals surface area contributed by atoms with Crippen molar-refractivity contribution in [2.24, 2.45) is 5.41 Å². The monoisotopic (exact) mass is 236 g/mol. The van der Waals surface area contributed by atoms with Crippen LogP contribution in [0.25, 0.3) is 0 Å². The Morgan fingerprint density at radius 2 is 2.00 bits per heavy atom. The van der Waals surface area contributed by atoms with Gasteiger partial charge in [0.2, 0.25) is 0 Å². The van der Waals surface area contributed by atoms with E-state index in [0.717, 1.165) is 31.0 Å². The summed E-state index contributed by atoms with van der Waals surface area (Å²) in [4.78, 5) is 8.23. The molecule has 0 atom stereocenters. The number of anilines is 2. The van der Waals surface area contributed by atoms with Gasteiger partial charge >= 0.3 is 0 Å². The van der Waals surface area contributed by atoms with Gasteiger partial charge in [0.1, 0.15) is 18.0 Å². The second kappa shape index (κ2) is 5.31. The average Bonchev–Trinajstić information content (AvgIpc) is 2.86. The minimum Gasteiger partial charge on any atom is -0.396 e. The third-order valence-corrected chi connectivity index (χ3v) is 3.57. The molecule has 3 N–H and O–H groups in total. The van der Waals surface area contributed by atoms with Crippen LogP contribution in [0.4, 0.5) is 11.6 Å². The number of aromatic nitrogens is 2. The molecule has 0 unspecified atom stereocenters. The molecule has 0 bridgehead atoms. The summed E-state index contributed by atoms with van der Waals surface area (Å²) in [6.07, 6.45) is 6.16. The predicted octanol–water partition coefficient (Wildman–Crippen LogP) is 1.48. The van der Waals surface area contributed by atoms with Crippen molar-refractivity contribution in [2.75, 3.05) is 30.8 Å². The first-order chi connectivity index (χ1) is 8.28. The maximum atomic E-state index is 9.51. The molecule has 0 radical (unpaired) electrons. The van der Waals surface area contributed by atoms with Crippen LogP contribution in [0.5, 0.6) is 0 Å². The highest BCUT2D eigenvalue weighted by Gasteiger charge is 2.32. The molecule has 1 aliphatic rings. The summed E-state index contributed by atoms with van der Waals surface area (Å²) in [6.45, 7) is 1.04. The molecular formula is C12H20N4O. The number of rotatable bonds is 5. The van der Waals surface area contributed by atoms with E-state index < -0.39 is 0 Å². The van der Waals surface area contributed by atoms with Crippen LogP contribution < -0.4 is 10.6 Å². The van der Waals surface area contributed by atoms with Crippen molar-refractivity contribution in [3.63, 3.8) is 0 Å². The summed E-state index contributed by atoms with van der Waals surface area (Å²) in [5.41, 5.74) is 0.0464. The highest BCUT2D eigenvalue weighted by atomic mass is 16.3. The van der Waals surface area contributed by atoms with E-state index >= 15 is 0 Å². The first kappa shape index (κ1) is 12.1. The lowest BCUT2D eigenvalue weighted by Crippen LogP contribution is -2.30. The van der Waals surface area contributed by atoms with Gasteiger partial charge in [0.15, 0.2) is 0 Å². The maximum absolute atomic E-state index is 9.51. The molecular weight excluding hydrogens is 216 g/mol. The molecule has 17 heavy (non-hydrogen) atoms. The van der Waals surface area contributed by atoms with E-state index in [1.54, 1.807) is 0 Å². The van der Waals surface area contributed by atoms with Gasteiger partial charge in [-0.05, 0) is 12.8 Å². The number of hydrogen-bond acceptors (Lipinski definition) is 5. The van der Waals surface area contributed by atoms with Gasteiger partial charge in [-0.15, -0.1) is 0 Å². The van der Waals surface area contributed by atoms with Gasteiger partial charge in [0, 0.05) is 25.1 Å². The van der Waals surface area contributed by atoms with Crippen LogP contribution in [-0.2, 0) is 0 Å². The Labute approximate surface area is 102 Å². The molecule has 2 rings (SSSR count). The molecule has 1 heterocycles. The van der Waals surface area contributed by atoms with Crippen LogP contribution in [-0.4, -0.2) is 35.3 Å². The van der Waals surface area contributed by atoms with E-state index in [0.29, 0.717) is 0 Å². The fraction of sp³-hybridized carbons (Fsp3) is 0.667. The Kier molecular flexibility index (Phi) is 3.78. The number of hydrogen-bond donors (Lipinski definition) is 3. The highest BCUT2D eigenvalue weighted by molar-refractivity contribution is 5.46. The second-order valence-corrected chi connectivity index (χ2v) is 4.76. The molecule has 5 heteroatoms. The van der Waals surface area contributed by atoms with Crippen LogP contribution in [0.2, 0.25) is 0 Å². The van der Waals surface area contributed by atoms with Crippen LogP contribution in [0.3, 0.4) is 0 Å². The lowest BCUT2D eigenvalue weighted by atomic mass is 9.87. The Morgan fingerprint density at radius 1 is 1.29 bits per heavy atom. The molecule has 1 aromatic rings. The number of aliphatic hydroxyl groups is 1. The number of aliphatic hydroxyl groups excluding tert-OH is 1. The van der Waals surface area contributed by atoms with Crippen molar-refractivity contribution < 1.29 is 5.11 Å². The van der Waals surface area contributed by atoms with Crippen molar-refractivity contribution in [2.45, 2.75) is 25.7 Å². The molecule has 1 aromatic heterocycles. The maximum Gasteiger partial charge on any atom is 0.131 e. The van der Waals surface area contributed by atoms with Gasteiger partial charge in [-0.1, -0.05) is 12.8 Å². The van der Waals surface area contributed by atoms with Gasteiger partial charge in [0.05, 0.1) is 6.61 Å². The smallest absolute Gasteiger partial charge is 0.131 e. The van der Waals surface area contributed by atoms with E-state index in [4.69, 9.17) is 0 Å². The molecule has 1 fully saturated rings. The molecule has 0 aromatic carbocycles. The van der Waals surface area contributed by atoms with E-state index in [-0.39, 0.29) is 12.0 Å². The van der Waals surface area contributed by atoms with Gasteiger partial charge < -0.3 is 15.7 Å². The van der Waals surface area contributed by atoms with Crippen LogP contribution in [0, 0.1) is 5.41 Å². The largest absolute Gasteiger partial charge is 0.396 e. The number of nitrogens with one attached hydrogen (secondary N) is 2. The third-order valence-electron chi connectivity index (χ3n) is 3.57. The van der Waals surface area contributed by atoms with E-state index in [9.17, 15) is 5.11 Å². The van der Waals surface area contributed by atoms with Crippen molar-refractivity contribution >= 4 is 11.6 Å². The Balaban J connectivity index is 1.96. The summed E-state index contributed by atoms with van der Waals surface area (Å²) in [7, 11) is 1.83. The van der Waals surface area contributed by atoms with Gasteiger partial charge in [-0.3, -0.25) is 0 Å². The van der Waals surface area contributed by atoms with Crippen LogP contribution in [0.15, 0.2) is 12.4 Å². The fourth-order valence-corrected chi connectivity index (χ4v) is 2.38. The summed E-state index contributed by atoms with van der Waals surface area (Å²) < 4.78 is 0. The zero-order valence-electron chi connectivity index (χ0n) is 10.2. The van der Waals surface area contributed by atoms with Crippen molar-refractivity contribution in [1.82, 2.24) is 9.97 Å². The van der Waals surface area contributed by atoms with Crippen LogP contribution in [0.1, 0.15) is 25.7 Å². The topological polar surface area (TPSA) is 70.1 Å². The molecule has 0 aliphatic heterocycles. The summed E-state index contributed by atoms with van der Waals surface area (Å²) in [5.74, 6) is 1.61. The Hall–Kier alpha value is -1.36. The molecule has 0 amide bonds. The SMILES string of the molecule is CNc1cc(NCC2(CO)CCCC2)ncn1. The molecule has 5 nitrogen and oxygen atoms in total. The van der Waals surface area contributed by atoms with Gasteiger partial charge in [-0.25, -0.2) is 9.97 Å². The minimum atomic E-state index is 0.0464. The normalized spacial score (nSPS) is 18.0. The van der Waals surface area contributed by atoms with Crippen LogP contribution >= 0.6 is 0 Å². The quantitative estimate of drug-likeness (QED) is 0.722. The third kappa shape index (κ3) is 2.85. The van der Waals surface area contributed by atoms with Crippen molar-refractivity contribution in [1.29, 1.82) is 0 Å². The van der Waals surface area contributed by atoms with Crippen molar-refractivity contribution in [3.05, 3.63) is 12.4 Å². The Morgan fingerprint density at radius 3 is 2.65 bits per heavy atom. The lowest BCUT2D eigenvalue weighted by Gasteiger charge is -2.26. The first-order valence-corrected chi connectivity index (χ1v) is 6.12. The van der Waals surface area contributed by atoms with E-state index in [1.165, 1.54) is 19.2 Å². The lowest BCUT2D eigenvalue weighted by molar-refractivity contribution is 0.142. The summed E-state index contributed by atoms with van der Waals surface area (Å²) in [5, 5.41) is 15.8. The second-order valence-electron chi connectivity index (χ2n) is 4.76. The van der Waals surface area contributed by atoms with E-state index in [1.807, 2.05) is 13.1 Å². The van der Waals surface area contributed by atoms with Gasteiger partial charge in [0.25, 0.3) is 0 Å². The van der Waals surface area contributed by atoms with Gasteiger partial charge in [-0.2, -0.15) is 0 Å². The minimum absolute atomic E-state index is 0.0464. The highest BCUT2D eigenvalue weighted by Crippen LogP contribution is 2.37. The predicted molar refractivity (Wildman–Crippen MR) is 68.1 cm³/mol. The summed E-state index contributed by atoms with van der Waals surface area (Å²) in [6, 6.07) is 1.88. The summed E-state index contributed by atoms with van der Waals surface area (Å²) >= 11 is 0. The zero-order chi connectivity index (χ0) is 12.1. The van der Waals surface area contributed by atoms with E-state index in [2.05, 4.69) is 20.6 Å². The standard InChI is InChI=1S/C12H20N4O/c1-13-10-6-11(16-9-15-10)14-7-12(8-17)4-2-3-5-12/h6,9,17H,2-5,7-8H2,1H3,(H2,13,14,15,16). The average molecular weight is 236 g/mol. The Bertz CT molecular complexity index is 363. The molecule has 0 saturated heterocycles. The molecule has 0 spiro atoms.